The first-order chi connectivity index (χ1) is 6.34. The summed E-state index contributed by atoms with van der Waals surface area (Å²) in [6.45, 7) is 0. The summed E-state index contributed by atoms with van der Waals surface area (Å²) in [6.07, 6.45) is 6.13. The molecule has 1 heterocycles. The molecule has 3 N–H and O–H groups in total. The molecule has 1 aromatic rings. The van der Waals surface area contributed by atoms with Gasteiger partial charge in [-0.25, -0.2) is 4.98 Å². The van der Waals surface area contributed by atoms with Crippen LogP contribution < -0.4 is 11.1 Å². The number of anilines is 1. The maximum Gasteiger partial charge on any atom is 0.202 e. The molecule has 0 saturated heterocycles. The van der Waals surface area contributed by atoms with E-state index in [0.717, 1.165) is 30.8 Å². The van der Waals surface area contributed by atoms with Crippen molar-refractivity contribution in [3.8, 4) is 0 Å². The third kappa shape index (κ3) is 2.38. The van der Waals surface area contributed by atoms with Gasteiger partial charge in [0.15, 0.2) is 0 Å². The molecule has 0 bridgehead atoms. The normalized spacial score (nSPS) is 28.7. The molecule has 0 unspecified atom stereocenters. The molecule has 0 amide bonds. The van der Waals surface area contributed by atoms with Crippen LogP contribution in [0.25, 0.3) is 0 Å². The van der Waals surface area contributed by atoms with E-state index in [9.17, 15) is 0 Å². The average Bonchev–Trinajstić information content (AvgIpc) is 2.62. The number of rotatable bonds is 2. The SMILES string of the molecule is NC1CCC(Nc2ncns2)CC1. The van der Waals surface area contributed by atoms with Crippen molar-refractivity contribution in [1.82, 2.24) is 9.36 Å². The van der Waals surface area contributed by atoms with Crippen molar-refractivity contribution in [1.29, 1.82) is 0 Å². The number of nitrogens with one attached hydrogen (secondary N) is 1. The fraction of sp³-hybridized carbons (Fsp3) is 0.750. The van der Waals surface area contributed by atoms with Crippen molar-refractivity contribution < 1.29 is 0 Å². The zero-order valence-corrected chi connectivity index (χ0v) is 8.26. The lowest BCUT2D eigenvalue weighted by molar-refractivity contribution is 0.411. The summed E-state index contributed by atoms with van der Waals surface area (Å²) in [6, 6.07) is 0.959. The van der Waals surface area contributed by atoms with Crippen LogP contribution in [0.5, 0.6) is 0 Å². The van der Waals surface area contributed by atoms with E-state index in [1.165, 1.54) is 11.5 Å². The predicted molar refractivity (Wildman–Crippen MR) is 53.8 cm³/mol. The molecule has 13 heavy (non-hydrogen) atoms. The van der Waals surface area contributed by atoms with E-state index in [1.54, 1.807) is 6.33 Å². The second-order valence-corrected chi connectivity index (χ2v) is 4.28. The van der Waals surface area contributed by atoms with E-state index in [4.69, 9.17) is 5.73 Å². The van der Waals surface area contributed by atoms with Gasteiger partial charge in [-0.3, -0.25) is 0 Å². The molecule has 1 fully saturated rings. The van der Waals surface area contributed by atoms with E-state index in [-0.39, 0.29) is 0 Å². The third-order valence-corrected chi connectivity index (χ3v) is 3.06. The van der Waals surface area contributed by atoms with Crippen molar-refractivity contribution in [2.75, 3.05) is 5.32 Å². The molecule has 1 saturated carbocycles. The molecule has 4 nitrogen and oxygen atoms in total. The summed E-state index contributed by atoms with van der Waals surface area (Å²) < 4.78 is 3.95. The molecule has 0 radical (unpaired) electrons. The lowest BCUT2D eigenvalue weighted by Gasteiger charge is -2.26. The van der Waals surface area contributed by atoms with Gasteiger partial charge >= 0.3 is 0 Å². The summed E-state index contributed by atoms with van der Waals surface area (Å²) in [5.74, 6) is 0. The van der Waals surface area contributed by atoms with Gasteiger partial charge in [0, 0.05) is 23.6 Å². The van der Waals surface area contributed by atoms with Crippen LogP contribution in [0.4, 0.5) is 5.13 Å². The zero-order chi connectivity index (χ0) is 9.10. The number of hydrogen-bond acceptors (Lipinski definition) is 5. The van der Waals surface area contributed by atoms with Crippen molar-refractivity contribution >= 4 is 16.7 Å². The van der Waals surface area contributed by atoms with Crippen LogP contribution in [0, 0.1) is 0 Å². The Labute approximate surface area is 81.7 Å². The minimum atomic E-state index is 0.410. The highest BCUT2D eigenvalue weighted by atomic mass is 32.1. The zero-order valence-electron chi connectivity index (χ0n) is 7.44. The van der Waals surface area contributed by atoms with E-state index in [1.807, 2.05) is 0 Å². The second kappa shape index (κ2) is 4.02. The topological polar surface area (TPSA) is 63.8 Å². The molecule has 0 atom stereocenters. The Morgan fingerprint density at radius 3 is 2.77 bits per heavy atom. The number of nitrogens with two attached hydrogens (primary N) is 1. The first-order valence-electron chi connectivity index (χ1n) is 4.63. The van der Waals surface area contributed by atoms with E-state index in [2.05, 4.69) is 14.7 Å². The summed E-state index contributed by atoms with van der Waals surface area (Å²) in [4.78, 5) is 4.09. The first-order valence-corrected chi connectivity index (χ1v) is 5.41. The quantitative estimate of drug-likeness (QED) is 0.750. The minimum absolute atomic E-state index is 0.410. The molecular weight excluding hydrogens is 184 g/mol. The molecule has 1 aliphatic rings. The third-order valence-electron chi connectivity index (χ3n) is 2.46. The smallest absolute Gasteiger partial charge is 0.202 e. The van der Waals surface area contributed by atoms with Crippen LogP contribution in [0.1, 0.15) is 25.7 Å². The second-order valence-electron chi connectivity index (χ2n) is 3.50. The molecule has 0 spiro atoms. The van der Waals surface area contributed by atoms with E-state index >= 15 is 0 Å². The standard InChI is InChI=1S/C8H14N4S/c9-6-1-3-7(4-2-6)12-8-10-5-11-13-8/h5-7H,1-4,9H2,(H,10,11,12). The Bertz CT molecular complexity index is 241. The highest BCUT2D eigenvalue weighted by Crippen LogP contribution is 2.21. The number of hydrogen-bond donors (Lipinski definition) is 2. The van der Waals surface area contributed by atoms with Gasteiger partial charge in [-0.1, -0.05) is 0 Å². The first kappa shape index (κ1) is 8.90. The van der Waals surface area contributed by atoms with Gasteiger partial charge in [-0.05, 0) is 25.7 Å². The van der Waals surface area contributed by atoms with E-state index < -0.39 is 0 Å². The molecule has 1 aliphatic carbocycles. The molecule has 1 aromatic heterocycles. The van der Waals surface area contributed by atoms with Crippen molar-refractivity contribution in [3.63, 3.8) is 0 Å². The van der Waals surface area contributed by atoms with Crippen LogP contribution in [-0.2, 0) is 0 Å². The van der Waals surface area contributed by atoms with Gasteiger partial charge in [-0.2, -0.15) is 4.37 Å². The van der Waals surface area contributed by atoms with Gasteiger partial charge in [0.1, 0.15) is 6.33 Å². The Morgan fingerprint density at radius 2 is 2.15 bits per heavy atom. The van der Waals surface area contributed by atoms with Gasteiger partial charge in [0.2, 0.25) is 5.13 Å². The van der Waals surface area contributed by atoms with Crippen LogP contribution in [-0.4, -0.2) is 21.4 Å². The Balaban J connectivity index is 1.83. The van der Waals surface area contributed by atoms with Crippen LogP contribution in [0.2, 0.25) is 0 Å². The van der Waals surface area contributed by atoms with Crippen LogP contribution in [0.15, 0.2) is 6.33 Å². The highest BCUT2D eigenvalue weighted by molar-refractivity contribution is 7.09. The minimum Gasteiger partial charge on any atom is -0.358 e. The van der Waals surface area contributed by atoms with Gasteiger partial charge < -0.3 is 11.1 Å². The fourth-order valence-corrected chi connectivity index (χ4v) is 2.18. The van der Waals surface area contributed by atoms with Crippen molar-refractivity contribution in [2.45, 2.75) is 37.8 Å². The van der Waals surface area contributed by atoms with Crippen molar-refractivity contribution in [3.05, 3.63) is 6.33 Å². The molecule has 0 aliphatic heterocycles. The monoisotopic (exact) mass is 198 g/mol. The molecular formula is C8H14N4S. The summed E-state index contributed by atoms with van der Waals surface area (Å²) in [5, 5.41) is 4.30. The van der Waals surface area contributed by atoms with E-state index in [0.29, 0.717) is 12.1 Å². The Hall–Kier alpha value is -0.680. The number of nitrogens with zero attached hydrogens (tertiary/aromatic N) is 2. The summed E-state index contributed by atoms with van der Waals surface area (Å²) >= 11 is 1.41. The highest BCUT2D eigenvalue weighted by Gasteiger charge is 2.18. The van der Waals surface area contributed by atoms with Gasteiger partial charge in [0.25, 0.3) is 0 Å². The average molecular weight is 198 g/mol. The molecule has 5 heteroatoms. The molecule has 0 aromatic carbocycles. The number of aromatic nitrogens is 2. The fourth-order valence-electron chi connectivity index (χ4n) is 1.67. The maximum absolute atomic E-state index is 5.82. The van der Waals surface area contributed by atoms with Crippen LogP contribution >= 0.6 is 11.5 Å². The lowest BCUT2D eigenvalue weighted by Crippen LogP contribution is -2.32. The maximum atomic E-state index is 5.82. The predicted octanol–water partition coefficient (Wildman–Crippen LogP) is 1.22. The van der Waals surface area contributed by atoms with Crippen molar-refractivity contribution in [2.24, 2.45) is 5.73 Å². The summed E-state index contributed by atoms with van der Waals surface area (Å²) in [7, 11) is 0. The van der Waals surface area contributed by atoms with Crippen LogP contribution in [0.3, 0.4) is 0 Å². The molecule has 2 rings (SSSR count). The largest absolute Gasteiger partial charge is 0.358 e. The van der Waals surface area contributed by atoms with Gasteiger partial charge in [0.05, 0.1) is 0 Å². The summed E-state index contributed by atoms with van der Waals surface area (Å²) in [5.41, 5.74) is 5.82. The van der Waals surface area contributed by atoms with Gasteiger partial charge in [-0.15, -0.1) is 0 Å². The lowest BCUT2D eigenvalue weighted by atomic mass is 9.92. The Kier molecular flexibility index (Phi) is 2.75. The Morgan fingerprint density at radius 1 is 1.38 bits per heavy atom. The molecule has 72 valence electrons.